The number of amides is 1. The van der Waals surface area contributed by atoms with Gasteiger partial charge < -0.3 is 20.3 Å². The van der Waals surface area contributed by atoms with Crippen molar-refractivity contribution in [1.29, 1.82) is 0 Å². The van der Waals surface area contributed by atoms with Crippen molar-refractivity contribution in [3.8, 4) is 11.1 Å². The maximum atomic E-state index is 12.3. The normalized spacial score (nSPS) is 14.4. The predicted molar refractivity (Wildman–Crippen MR) is 126 cm³/mol. The zero-order chi connectivity index (χ0) is 22.8. The fourth-order valence-electron chi connectivity index (χ4n) is 4.44. The smallest absolute Gasteiger partial charge is 0.407 e. The molecule has 166 valence electrons. The van der Waals surface area contributed by atoms with E-state index in [1.807, 2.05) is 42.5 Å². The zero-order valence-electron chi connectivity index (χ0n) is 17.9. The van der Waals surface area contributed by atoms with Gasteiger partial charge in [0.1, 0.15) is 18.8 Å². The van der Waals surface area contributed by atoms with Gasteiger partial charge in [-0.2, -0.15) is 0 Å². The lowest BCUT2D eigenvalue weighted by atomic mass is 9.98. The molecular formula is C27H24N2O4. The Labute approximate surface area is 191 Å². The van der Waals surface area contributed by atoms with E-state index in [9.17, 15) is 15.0 Å². The maximum absolute atomic E-state index is 12.3. The highest BCUT2D eigenvalue weighted by molar-refractivity contribution is 5.80. The molecule has 2 atom stereocenters. The van der Waals surface area contributed by atoms with Gasteiger partial charge in [-0.15, -0.1) is 0 Å². The number of aromatic nitrogens is 1. The molecule has 0 saturated carbocycles. The zero-order valence-corrected chi connectivity index (χ0v) is 17.9. The number of aliphatic hydroxyl groups excluding tert-OH is 2. The highest BCUT2D eigenvalue weighted by Gasteiger charge is 2.29. The van der Waals surface area contributed by atoms with E-state index in [1.165, 1.54) is 0 Å². The van der Waals surface area contributed by atoms with Crippen LogP contribution < -0.4 is 5.32 Å². The van der Waals surface area contributed by atoms with E-state index < -0.39 is 18.3 Å². The second-order valence-corrected chi connectivity index (χ2v) is 8.17. The van der Waals surface area contributed by atoms with Gasteiger partial charge in [0.2, 0.25) is 0 Å². The Morgan fingerprint density at radius 2 is 1.64 bits per heavy atom. The van der Waals surface area contributed by atoms with Crippen molar-refractivity contribution in [2.75, 3.05) is 13.2 Å². The summed E-state index contributed by atoms with van der Waals surface area (Å²) in [5.74, 6) is -0.0382. The molecule has 0 saturated heterocycles. The van der Waals surface area contributed by atoms with Crippen molar-refractivity contribution in [2.24, 2.45) is 0 Å². The Kier molecular flexibility index (Phi) is 5.77. The molecule has 1 heterocycles. The van der Waals surface area contributed by atoms with Gasteiger partial charge in [0.25, 0.3) is 0 Å². The number of alkyl carbamates (subject to hydrolysis) is 1. The van der Waals surface area contributed by atoms with Crippen LogP contribution in [0.5, 0.6) is 0 Å². The maximum Gasteiger partial charge on any atom is 0.407 e. The Bertz CT molecular complexity index is 1260. The van der Waals surface area contributed by atoms with Crippen LogP contribution in [0, 0.1) is 0 Å². The minimum absolute atomic E-state index is 0.0382. The number of pyridine rings is 1. The third-order valence-electron chi connectivity index (χ3n) is 6.14. The molecule has 1 aromatic heterocycles. The molecule has 3 aromatic carbocycles. The Hall–Kier alpha value is -3.74. The number of fused-ring (bicyclic) bond motifs is 4. The average molecular weight is 440 g/mol. The fourth-order valence-corrected chi connectivity index (χ4v) is 4.44. The first-order chi connectivity index (χ1) is 16.1. The second-order valence-electron chi connectivity index (χ2n) is 8.17. The number of carbonyl (C=O) groups is 1. The van der Waals surface area contributed by atoms with Gasteiger partial charge >= 0.3 is 6.09 Å². The average Bonchev–Trinajstić information content (AvgIpc) is 3.19. The molecule has 1 amide bonds. The van der Waals surface area contributed by atoms with Crippen molar-refractivity contribution in [2.45, 2.75) is 18.1 Å². The van der Waals surface area contributed by atoms with Gasteiger partial charge in [-0.25, -0.2) is 4.79 Å². The predicted octanol–water partition coefficient (Wildman–Crippen LogP) is 4.17. The molecule has 1 aliphatic rings. The highest BCUT2D eigenvalue weighted by Crippen LogP contribution is 2.44. The summed E-state index contributed by atoms with van der Waals surface area (Å²) in [4.78, 5) is 16.6. The molecule has 1 aliphatic carbocycles. The van der Waals surface area contributed by atoms with E-state index >= 15 is 0 Å². The topological polar surface area (TPSA) is 91.7 Å². The van der Waals surface area contributed by atoms with Crippen molar-refractivity contribution in [1.82, 2.24) is 10.3 Å². The lowest BCUT2D eigenvalue weighted by Gasteiger charge is -2.19. The number of aliphatic hydroxyl groups is 2. The van der Waals surface area contributed by atoms with Gasteiger partial charge in [-0.1, -0.05) is 66.7 Å². The molecule has 3 N–H and O–H groups in total. The van der Waals surface area contributed by atoms with Crippen molar-refractivity contribution < 1.29 is 19.7 Å². The van der Waals surface area contributed by atoms with Crippen LogP contribution in [0.4, 0.5) is 4.79 Å². The number of carbonyl (C=O) groups excluding carboxylic acids is 1. The number of hydrogen-bond donors (Lipinski definition) is 3. The summed E-state index contributed by atoms with van der Waals surface area (Å²) in [6.07, 6.45) is -1.31. The summed E-state index contributed by atoms with van der Waals surface area (Å²) in [5, 5.41) is 24.4. The number of nitrogens with one attached hydrogen (secondary N) is 1. The second kappa shape index (κ2) is 9.02. The number of rotatable bonds is 6. The summed E-state index contributed by atoms with van der Waals surface area (Å²) in [6, 6.07) is 25.3. The first kappa shape index (κ1) is 21.1. The first-order valence-electron chi connectivity index (χ1n) is 10.9. The van der Waals surface area contributed by atoms with Crippen LogP contribution in [-0.4, -0.2) is 40.5 Å². The number of nitrogens with zero attached hydrogens (tertiary/aromatic N) is 1. The molecular weight excluding hydrogens is 416 g/mol. The molecule has 0 radical (unpaired) electrons. The van der Waals surface area contributed by atoms with E-state index in [0.717, 1.165) is 33.2 Å². The molecule has 4 aromatic rings. The molecule has 0 aliphatic heterocycles. The Morgan fingerprint density at radius 1 is 0.939 bits per heavy atom. The molecule has 6 heteroatoms. The first-order valence-corrected chi connectivity index (χ1v) is 10.9. The minimum atomic E-state index is -1.19. The molecule has 5 rings (SSSR count). The van der Waals surface area contributed by atoms with Crippen molar-refractivity contribution >= 4 is 17.0 Å². The number of benzene rings is 3. The SMILES string of the molecule is O=C(NCC(O)C(O)c1ccc2cccnc2c1)OCC1c2ccccc2-c2ccccc21. The van der Waals surface area contributed by atoms with Crippen LogP contribution in [0.15, 0.2) is 85.1 Å². The van der Waals surface area contributed by atoms with Crippen LogP contribution in [0.1, 0.15) is 28.7 Å². The summed E-state index contributed by atoms with van der Waals surface area (Å²) in [5.41, 5.74) is 5.84. The van der Waals surface area contributed by atoms with Crippen molar-refractivity contribution in [3.05, 3.63) is 102 Å². The number of hydrogen-bond acceptors (Lipinski definition) is 5. The lowest BCUT2D eigenvalue weighted by Crippen LogP contribution is -2.36. The van der Waals surface area contributed by atoms with Crippen LogP contribution in [0.25, 0.3) is 22.0 Å². The largest absolute Gasteiger partial charge is 0.449 e. The molecule has 0 fully saturated rings. The van der Waals surface area contributed by atoms with Gasteiger partial charge in [-0.3, -0.25) is 4.98 Å². The molecule has 6 nitrogen and oxygen atoms in total. The molecule has 0 spiro atoms. The van der Waals surface area contributed by atoms with E-state index in [0.29, 0.717) is 5.56 Å². The fraction of sp³-hybridized carbons (Fsp3) is 0.185. The van der Waals surface area contributed by atoms with E-state index in [1.54, 1.807) is 18.3 Å². The van der Waals surface area contributed by atoms with Crippen LogP contribution in [-0.2, 0) is 4.74 Å². The quantitative estimate of drug-likeness (QED) is 0.419. The van der Waals surface area contributed by atoms with Crippen molar-refractivity contribution in [3.63, 3.8) is 0 Å². The third kappa shape index (κ3) is 4.18. The number of ether oxygens (including phenoxy) is 1. The molecule has 33 heavy (non-hydrogen) atoms. The van der Waals surface area contributed by atoms with Gasteiger partial charge in [-0.05, 0) is 39.9 Å². The van der Waals surface area contributed by atoms with Crippen LogP contribution in [0.3, 0.4) is 0 Å². The molecule has 2 unspecified atom stereocenters. The summed E-state index contributed by atoms with van der Waals surface area (Å²) in [7, 11) is 0. The third-order valence-corrected chi connectivity index (χ3v) is 6.14. The monoisotopic (exact) mass is 440 g/mol. The summed E-state index contributed by atoms with van der Waals surface area (Å²) < 4.78 is 5.48. The van der Waals surface area contributed by atoms with E-state index in [2.05, 4.69) is 34.6 Å². The van der Waals surface area contributed by atoms with Gasteiger partial charge in [0.15, 0.2) is 0 Å². The van der Waals surface area contributed by atoms with Crippen LogP contribution >= 0.6 is 0 Å². The standard InChI is InChI=1S/C27H24N2O4/c30-25(26(31)18-12-11-17-6-5-13-28-24(17)14-18)15-29-27(32)33-16-23-21-9-3-1-7-19(21)20-8-2-4-10-22(20)23/h1-14,23,25-26,30-31H,15-16H2,(H,29,32). The summed E-state index contributed by atoms with van der Waals surface area (Å²) >= 11 is 0. The highest BCUT2D eigenvalue weighted by atomic mass is 16.5. The lowest BCUT2D eigenvalue weighted by molar-refractivity contribution is 0.0186. The van der Waals surface area contributed by atoms with E-state index in [4.69, 9.17) is 4.74 Å². The Balaban J connectivity index is 1.19. The van der Waals surface area contributed by atoms with E-state index in [-0.39, 0.29) is 19.1 Å². The minimum Gasteiger partial charge on any atom is -0.449 e. The van der Waals surface area contributed by atoms with Gasteiger partial charge in [0.05, 0.1) is 5.52 Å². The van der Waals surface area contributed by atoms with Crippen LogP contribution in [0.2, 0.25) is 0 Å². The summed E-state index contributed by atoms with van der Waals surface area (Å²) in [6.45, 7) is 0.0486. The molecule has 0 bridgehead atoms. The van der Waals surface area contributed by atoms with Gasteiger partial charge in [0, 0.05) is 24.0 Å². The Morgan fingerprint density at radius 3 is 2.36 bits per heavy atom.